The fraction of sp³-hybridized carbons (Fsp3) is 0.333. The van der Waals surface area contributed by atoms with Gasteiger partial charge in [-0.25, -0.2) is 0 Å². The molecule has 0 radical (unpaired) electrons. The van der Waals surface area contributed by atoms with E-state index in [4.69, 9.17) is 16.3 Å². The molecule has 0 aliphatic heterocycles. The molecule has 0 saturated heterocycles. The van der Waals surface area contributed by atoms with Gasteiger partial charge in [0, 0.05) is 11.0 Å². The highest BCUT2D eigenvalue weighted by atomic mass is 35.5. The Morgan fingerprint density at radius 2 is 1.80 bits per heavy atom. The first-order valence-electron chi connectivity index (χ1n) is 7.01. The molecule has 2 heteroatoms. The molecule has 1 unspecified atom stereocenters. The van der Waals surface area contributed by atoms with Crippen LogP contribution in [0.25, 0.3) is 0 Å². The molecule has 1 atom stereocenters. The average molecular weight is 287 g/mol. The summed E-state index contributed by atoms with van der Waals surface area (Å²) in [6, 6.07) is 16.8. The molecule has 1 nitrogen and oxygen atoms in total. The predicted octanol–water partition coefficient (Wildman–Crippen LogP) is 5.02. The summed E-state index contributed by atoms with van der Waals surface area (Å²) in [5, 5.41) is -0.0419. The van der Waals surface area contributed by atoms with Gasteiger partial charge in [-0.05, 0) is 31.4 Å². The highest BCUT2D eigenvalue weighted by Gasteiger charge is 2.51. The summed E-state index contributed by atoms with van der Waals surface area (Å²) in [7, 11) is 1.71. The highest BCUT2D eigenvalue weighted by molar-refractivity contribution is 6.22. The van der Waals surface area contributed by atoms with Crippen molar-refractivity contribution in [1.82, 2.24) is 0 Å². The molecule has 20 heavy (non-hydrogen) atoms. The minimum Gasteiger partial charge on any atom is -0.496 e. The molecule has 0 bridgehead atoms. The fourth-order valence-corrected chi connectivity index (χ4v) is 3.46. The number of alkyl halides is 1. The van der Waals surface area contributed by atoms with Gasteiger partial charge in [0.25, 0.3) is 0 Å². The van der Waals surface area contributed by atoms with E-state index in [9.17, 15) is 0 Å². The van der Waals surface area contributed by atoms with E-state index in [2.05, 4.69) is 49.4 Å². The maximum Gasteiger partial charge on any atom is 0.123 e. The van der Waals surface area contributed by atoms with Crippen molar-refractivity contribution in [2.45, 2.75) is 30.6 Å². The summed E-state index contributed by atoms with van der Waals surface area (Å²) >= 11 is 6.87. The second kappa shape index (κ2) is 5.14. The summed E-state index contributed by atoms with van der Waals surface area (Å²) in [4.78, 5) is 0. The zero-order valence-corrected chi connectivity index (χ0v) is 12.7. The number of aryl methyl sites for hydroxylation is 1. The number of methoxy groups -OCH3 is 1. The normalized spacial score (nSPS) is 17.6. The van der Waals surface area contributed by atoms with Crippen LogP contribution >= 0.6 is 11.6 Å². The van der Waals surface area contributed by atoms with E-state index in [1.165, 1.54) is 11.1 Å². The van der Waals surface area contributed by atoms with Gasteiger partial charge in [-0.3, -0.25) is 0 Å². The molecule has 104 valence electrons. The Kier molecular flexibility index (Phi) is 3.47. The molecular formula is C18H19ClO. The Hall–Kier alpha value is -1.47. The van der Waals surface area contributed by atoms with E-state index in [-0.39, 0.29) is 10.8 Å². The minimum atomic E-state index is -0.0419. The summed E-state index contributed by atoms with van der Waals surface area (Å²) in [5.41, 5.74) is 3.73. The third-order valence-corrected chi connectivity index (χ3v) is 4.93. The van der Waals surface area contributed by atoms with E-state index in [1.54, 1.807) is 7.11 Å². The standard InChI is InChI=1S/C18H19ClO/c1-13-8-9-16(20-2)15(12-13)17(19)18(10-11-18)14-6-4-3-5-7-14/h3-9,12,17H,10-11H2,1-2H3. The van der Waals surface area contributed by atoms with Crippen molar-refractivity contribution < 1.29 is 4.74 Å². The summed E-state index contributed by atoms with van der Waals surface area (Å²) < 4.78 is 5.50. The summed E-state index contributed by atoms with van der Waals surface area (Å²) in [6.07, 6.45) is 2.28. The second-order valence-corrected chi connectivity index (χ2v) is 6.07. The summed E-state index contributed by atoms with van der Waals surface area (Å²) in [5.74, 6) is 0.887. The van der Waals surface area contributed by atoms with Gasteiger partial charge in [-0.1, -0.05) is 48.0 Å². The third kappa shape index (κ3) is 2.20. The number of hydrogen-bond acceptors (Lipinski definition) is 1. The van der Waals surface area contributed by atoms with Crippen LogP contribution in [0.5, 0.6) is 5.75 Å². The van der Waals surface area contributed by atoms with E-state index in [0.717, 1.165) is 24.2 Å². The van der Waals surface area contributed by atoms with E-state index in [1.807, 2.05) is 6.07 Å². The first kappa shape index (κ1) is 13.5. The van der Waals surface area contributed by atoms with Crippen LogP contribution in [0.1, 0.15) is 34.9 Å². The van der Waals surface area contributed by atoms with Crippen LogP contribution in [0.3, 0.4) is 0 Å². The lowest BCUT2D eigenvalue weighted by molar-refractivity contribution is 0.406. The third-order valence-electron chi connectivity index (χ3n) is 4.28. The Morgan fingerprint density at radius 3 is 2.40 bits per heavy atom. The second-order valence-electron chi connectivity index (χ2n) is 5.63. The van der Waals surface area contributed by atoms with Crippen LogP contribution in [-0.2, 0) is 5.41 Å². The lowest BCUT2D eigenvalue weighted by Gasteiger charge is -2.24. The zero-order valence-electron chi connectivity index (χ0n) is 11.9. The number of benzene rings is 2. The van der Waals surface area contributed by atoms with Crippen molar-refractivity contribution in [3.8, 4) is 5.75 Å². The molecule has 0 amide bonds. The molecule has 2 aromatic carbocycles. The van der Waals surface area contributed by atoms with Crippen molar-refractivity contribution >= 4 is 11.6 Å². The monoisotopic (exact) mass is 286 g/mol. The predicted molar refractivity (Wildman–Crippen MR) is 83.7 cm³/mol. The number of rotatable bonds is 4. The van der Waals surface area contributed by atoms with Gasteiger partial charge in [-0.2, -0.15) is 0 Å². The summed E-state index contributed by atoms with van der Waals surface area (Å²) in [6.45, 7) is 2.09. The zero-order chi connectivity index (χ0) is 14.2. The van der Waals surface area contributed by atoms with Gasteiger partial charge < -0.3 is 4.74 Å². The number of ether oxygens (including phenoxy) is 1. The molecular weight excluding hydrogens is 268 g/mol. The molecule has 0 aromatic heterocycles. The minimum absolute atomic E-state index is 0.0419. The maximum absolute atomic E-state index is 6.87. The van der Waals surface area contributed by atoms with E-state index >= 15 is 0 Å². The van der Waals surface area contributed by atoms with Crippen LogP contribution in [-0.4, -0.2) is 7.11 Å². The molecule has 2 aromatic rings. The quantitative estimate of drug-likeness (QED) is 0.718. The van der Waals surface area contributed by atoms with Crippen LogP contribution < -0.4 is 4.74 Å². The van der Waals surface area contributed by atoms with Crippen molar-refractivity contribution in [2.24, 2.45) is 0 Å². The largest absolute Gasteiger partial charge is 0.496 e. The highest BCUT2D eigenvalue weighted by Crippen LogP contribution is 2.60. The molecule has 1 aliphatic carbocycles. The van der Waals surface area contributed by atoms with Crippen molar-refractivity contribution in [3.63, 3.8) is 0 Å². The molecule has 0 spiro atoms. The molecule has 1 saturated carbocycles. The van der Waals surface area contributed by atoms with Gasteiger partial charge in [0.05, 0.1) is 12.5 Å². The average Bonchev–Trinajstić information content (AvgIpc) is 3.29. The fourth-order valence-electron chi connectivity index (χ4n) is 2.94. The molecule has 1 aliphatic rings. The Morgan fingerprint density at radius 1 is 1.10 bits per heavy atom. The van der Waals surface area contributed by atoms with Crippen LogP contribution in [0.2, 0.25) is 0 Å². The van der Waals surface area contributed by atoms with Crippen LogP contribution in [0.4, 0.5) is 0 Å². The first-order chi connectivity index (χ1) is 9.67. The van der Waals surface area contributed by atoms with Gasteiger partial charge in [0.1, 0.15) is 5.75 Å². The molecule has 3 rings (SSSR count). The Labute approximate surface area is 125 Å². The van der Waals surface area contributed by atoms with Crippen LogP contribution in [0.15, 0.2) is 48.5 Å². The number of hydrogen-bond donors (Lipinski definition) is 0. The van der Waals surface area contributed by atoms with E-state index < -0.39 is 0 Å². The van der Waals surface area contributed by atoms with Gasteiger partial charge in [-0.15, -0.1) is 11.6 Å². The van der Waals surface area contributed by atoms with Gasteiger partial charge in [0.2, 0.25) is 0 Å². The maximum atomic E-state index is 6.87. The molecule has 0 N–H and O–H groups in total. The topological polar surface area (TPSA) is 9.23 Å². The van der Waals surface area contributed by atoms with Crippen molar-refractivity contribution in [3.05, 3.63) is 65.2 Å². The Balaban J connectivity index is 2.01. The lowest BCUT2D eigenvalue weighted by Crippen LogP contribution is -2.15. The van der Waals surface area contributed by atoms with Crippen LogP contribution in [0, 0.1) is 6.92 Å². The van der Waals surface area contributed by atoms with Crippen molar-refractivity contribution in [1.29, 1.82) is 0 Å². The lowest BCUT2D eigenvalue weighted by atomic mass is 9.87. The molecule has 0 heterocycles. The van der Waals surface area contributed by atoms with Gasteiger partial charge >= 0.3 is 0 Å². The Bertz CT molecular complexity index is 602. The first-order valence-corrected chi connectivity index (χ1v) is 7.45. The van der Waals surface area contributed by atoms with Crippen molar-refractivity contribution in [2.75, 3.05) is 7.11 Å². The molecule has 1 fully saturated rings. The smallest absolute Gasteiger partial charge is 0.123 e. The SMILES string of the molecule is COc1ccc(C)cc1C(Cl)C1(c2ccccc2)CC1. The number of halogens is 1. The van der Waals surface area contributed by atoms with Gasteiger partial charge in [0.15, 0.2) is 0 Å². The van der Waals surface area contributed by atoms with E-state index in [0.29, 0.717) is 0 Å².